The van der Waals surface area contributed by atoms with E-state index in [-0.39, 0.29) is 5.41 Å². The first-order valence-corrected chi connectivity index (χ1v) is 6.75. The van der Waals surface area contributed by atoms with Crippen LogP contribution in [0.25, 0.3) is 0 Å². The monoisotopic (exact) mass is 256 g/mol. The zero-order valence-electron chi connectivity index (χ0n) is 11.6. The lowest BCUT2D eigenvalue weighted by molar-refractivity contribution is -0.0306. The van der Waals surface area contributed by atoms with Crippen LogP contribution < -0.4 is 4.74 Å². The Morgan fingerprint density at radius 1 is 1.47 bits per heavy atom. The second kappa shape index (κ2) is 3.97. The minimum atomic E-state index is -0.831. The molecule has 2 unspecified atom stereocenters. The zero-order valence-corrected chi connectivity index (χ0v) is 11.6. The third kappa shape index (κ3) is 1.41. The summed E-state index contributed by atoms with van der Waals surface area (Å²) in [7, 11) is 1.68. The highest BCUT2D eigenvalue weighted by atomic mass is 16.5. The van der Waals surface area contributed by atoms with Gasteiger partial charge in [0.1, 0.15) is 11.4 Å². The number of allylic oxidation sites excluding steroid dienone is 2. The molecule has 0 saturated heterocycles. The van der Waals surface area contributed by atoms with Crippen molar-refractivity contribution in [2.24, 2.45) is 5.41 Å². The lowest BCUT2D eigenvalue weighted by Gasteiger charge is -2.38. The number of hydrogen-bond acceptors (Lipinski definition) is 2. The molecule has 2 aliphatic rings. The van der Waals surface area contributed by atoms with Gasteiger partial charge in [0.15, 0.2) is 0 Å². The molecule has 2 aliphatic carbocycles. The smallest absolute Gasteiger partial charge is 0.119 e. The van der Waals surface area contributed by atoms with Crippen LogP contribution in [0.2, 0.25) is 0 Å². The average molecular weight is 256 g/mol. The molecule has 0 heterocycles. The number of hydrogen-bond donors (Lipinski definition) is 1. The van der Waals surface area contributed by atoms with E-state index in [4.69, 9.17) is 4.74 Å². The maximum Gasteiger partial charge on any atom is 0.119 e. The van der Waals surface area contributed by atoms with Crippen molar-refractivity contribution in [1.82, 2.24) is 0 Å². The second-order valence-corrected chi connectivity index (χ2v) is 5.77. The fourth-order valence-corrected chi connectivity index (χ4v) is 3.90. The summed E-state index contributed by atoms with van der Waals surface area (Å²) in [5.74, 6) is 0.859. The Balaban J connectivity index is 2.17. The van der Waals surface area contributed by atoms with Gasteiger partial charge in [-0.1, -0.05) is 18.2 Å². The van der Waals surface area contributed by atoms with Crippen LogP contribution in [0.3, 0.4) is 0 Å². The first-order valence-electron chi connectivity index (χ1n) is 6.75. The molecule has 0 aliphatic heterocycles. The molecule has 0 spiro atoms. The standard InChI is InChI=1S/C17H20O2/c1-4-8-16-9-7-12(2)17(16,18)15-6-5-14(19-3)10-13(15)11-16/h4-7,10,18H,1,8-9,11H2,2-3H3. The van der Waals surface area contributed by atoms with Crippen molar-refractivity contribution in [3.8, 4) is 5.75 Å². The molecule has 1 aromatic carbocycles. The van der Waals surface area contributed by atoms with Gasteiger partial charge in [0.25, 0.3) is 0 Å². The SMILES string of the molecule is C=CCC12CC=C(C)C1(O)c1ccc(OC)cc1C2. The fraction of sp³-hybridized carbons (Fsp3) is 0.412. The lowest BCUT2D eigenvalue weighted by atomic mass is 9.70. The topological polar surface area (TPSA) is 29.5 Å². The highest BCUT2D eigenvalue weighted by Crippen LogP contribution is 2.61. The molecule has 0 fully saturated rings. The molecule has 0 amide bonds. The normalized spacial score (nSPS) is 31.6. The van der Waals surface area contributed by atoms with E-state index < -0.39 is 5.60 Å². The number of aliphatic hydroxyl groups is 1. The summed E-state index contributed by atoms with van der Waals surface area (Å²) in [6, 6.07) is 6.01. The minimum Gasteiger partial charge on any atom is -0.497 e. The van der Waals surface area contributed by atoms with E-state index in [1.54, 1.807) is 7.11 Å². The number of fused-ring (bicyclic) bond motifs is 3. The van der Waals surface area contributed by atoms with Gasteiger partial charge >= 0.3 is 0 Å². The van der Waals surface area contributed by atoms with Crippen LogP contribution in [0.4, 0.5) is 0 Å². The maximum atomic E-state index is 11.3. The summed E-state index contributed by atoms with van der Waals surface area (Å²) in [4.78, 5) is 0. The van der Waals surface area contributed by atoms with Crippen molar-refractivity contribution in [2.45, 2.75) is 31.8 Å². The van der Waals surface area contributed by atoms with Gasteiger partial charge in [-0.15, -0.1) is 6.58 Å². The Bertz CT molecular complexity index is 573. The van der Waals surface area contributed by atoms with E-state index in [2.05, 4.69) is 18.7 Å². The highest BCUT2D eigenvalue weighted by molar-refractivity contribution is 5.52. The number of methoxy groups -OCH3 is 1. The van der Waals surface area contributed by atoms with Gasteiger partial charge in [-0.2, -0.15) is 0 Å². The third-order valence-electron chi connectivity index (χ3n) is 4.90. The Labute approximate surface area is 114 Å². The Kier molecular flexibility index (Phi) is 2.61. The van der Waals surface area contributed by atoms with Crippen molar-refractivity contribution in [3.05, 3.63) is 53.6 Å². The van der Waals surface area contributed by atoms with Crippen LogP contribution in [0.1, 0.15) is 30.9 Å². The van der Waals surface area contributed by atoms with Gasteiger partial charge in [0.05, 0.1) is 7.11 Å². The minimum absolute atomic E-state index is 0.145. The summed E-state index contributed by atoms with van der Waals surface area (Å²) in [5, 5.41) is 11.3. The molecular weight excluding hydrogens is 236 g/mol. The molecule has 0 aromatic heterocycles. The van der Waals surface area contributed by atoms with E-state index in [1.807, 2.05) is 25.1 Å². The van der Waals surface area contributed by atoms with E-state index in [9.17, 15) is 5.11 Å². The van der Waals surface area contributed by atoms with Gasteiger partial charge < -0.3 is 9.84 Å². The first-order chi connectivity index (χ1) is 9.07. The van der Waals surface area contributed by atoms with Gasteiger partial charge in [0, 0.05) is 5.41 Å². The molecule has 0 bridgehead atoms. The van der Waals surface area contributed by atoms with Crippen molar-refractivity contribution in [2.75, 3.05) is 7.11 Å². The quantitative estimate of drug-likeness (QED) is 0.840. The van der Waals surface area contributed by atoms with Crippen LogP contribution in [0.15, 0.2) is 42.5 Å². The lowest BCUT2D eigenvalue weighted by Crippen LogP contribution is -2.39. The van der Waals surface area contributed by atoms with E-state index in [0.29, 0.717) is 0 Å². The van der Waals surface area contributed by atoms with Crippen molar-refractivity contribution in [1.29, 1.82) is 0 Å². The molecule has 2 nitrogen and oxygen atoms in total. The second-order valence-electron chi connectivity index (χ2n) is 5.77. The largest absolute Gasteiger partial charge is 0.497 e. The molecular formula is C17H20O2. The summed E-state index contributed by atoms with van der Waals surface area (Å²) in [6.07, 6.45) is 6.74. The molecule has 2 atom stereocenters. The Morgan fingerprint density at radius 2 is 2.26 bits per heavy atom. The average Bonchev–Trinajstić information content (AvgIpc) is 2.79. The van der Waals surface area contributed by atoms with Crippen LogP contribution >= 0.6 is 0 Å². The van der Waals surface area contributed by atoms with Crippen LogP contribution in [-0.4, -0.2) is 12.2 Å². The van der Waals surface area contributed by atoms with Gasteiger partial charge in [-0.05, 0) is 55.0 Å². The van der Waals surface area contributed by atoms with Gasteiger partial charge in [0.2, 0.25) is 0 Å². The van der Waals surface area contributed by atoms with Crippen LogP contribution in [0.5, 0.6) is 5.75 Å². The number of ether oxygens (including phenoxy) is 1. The van der Waals surface area contributed by atoms with E-state index >= 15 is 0 Å². The Hall–Kier alpha value is -1.54. The fourth-order valence-electron chi connectivity index (χ4n) is 3.90. The van der Waals surface area contributed by atoms with Crippen LogP contribution in [-0.2, 0) is 12.0 Å². The maximum absolute atomic E-state index is 11.3. The van der Waals surface area contributed by atoms with Crippen molar-refractivity contribution in [3.63, 3.8) is 0 Å². The molecule has 3 rings (SSSR count). The summed E-state index contributed by atoms with van der Waals surface area (Å²) in [6.45, 7) is 5.91. The molecule has 1 aromatic rings. The molecule has 0 saturated carbocycles. The zero-order chi connectivity index (χ0) is 13.7. The molecule has 2 heteroatoms. The number of benzene rings is 1. The first kappa shape index (κ1) is 12.5. The molecule has 1 N–H and O–H groups in total. The van der Waals surface area contributed by atoms with Crippen LogP contribution in [0, 0.1) is 5.41 Å². The predicted molar refractivity (Wildman–Crippen MR) is 76.2 cm³/mol. The highest BCUT2D eigenvalue weighted by Gasteiger charge is 2.59. The van der Waals surface area contributed by atoms with Crippen molar-refractivity contribution < 1.29 is 9.84 Å². The van der Waals surface area contributed by atoms with Crippen molar-refractivity contribution >= 4 is 0 Å². The third-order valence-corrected chi connectivity index (χ3v) is 4.90. The molecule has 0 radical (unpaired) electrons. The van der Waals surface area contributed by atoms with Gasteiger partial charge in [-0.3, -0.25) is 0 Å². The van der Waals surface area contributed by atoms with Gasteiger partial charge in [-0.25, -0.2) is 0 Å². The van der Waals surface area contributed by atoms with E-state index in [1.165, 1.54) is 5.56 Å². The molecule has 19 heavy (non-hydrogen) atoms. The molecule has 100 valence electrons. The van der Waals surface area contributed by atoms with E-state index in [0.717, 1.165) is 36.1 Å². The summed E-state index contributed by atoms with van der Waals surface area (Å²) >= 11 is 0. The predicted octanol–water partition coefficient (Wildman–Crippen LogP) is 3.35. The summed E-state index contributed by atoms with van der Waals surface area (Å²) < 4.78 is 5.30. The summed E-state index contributed by atoms with van der Waals surface area (Å²) in [5.41, 5.74) is 2.34. The Morgan fingerprint density at radius 3 is 2.95 bits per heavy atom. The number of rotatable bonds is 3.